The molecule has 0 unspecified atom stereocenters. The molecule has 90 valence electrons. The average Bonchev–Trinajstić information content (AvgIpc) is 2.14. The van der Waals surface area contributed by atoms with Gasteiger partial charge in [-0.15, -0.1) is 0 Å². The minimum Gasteiger partial charge on any atom is -0.372 e. The van der Waals surface area contributed by atoms with Gasteiger partial charge >= 0.3 is 0 Å². The highest BCUT2D eigenvalue weighted by atomic mass is 16.5. The molecule has 0 heterocycles. The normalized spacial score (nSPS) is 11.5. The van der Waals surface area contributed by atoms with E-state index in [2.05, 4.69) is 26.1 Å². The van der Waals surface area contributed by atoms with Gasteiger partial charge in [-0.2, -0.15) is 0 Å². The molecule has 1 amide bonds. The topological polar surface area (TPSA) is 38.3 Å². The van der Waals surface area contributed by atoms with E-state index in [1.807, 2.05) is 0 Å². The maximum Gasteiger partial charge on any atom is 0.245 e. The van der Waals surface area contributed by atoms with Crippen molar-refractivity contribution in [2.24, 2.45) is 5.41 Å². The van der Waals surface area contributed by atoms with Gasteiger partial charge in [0.15, 0.2) is 0 Å². The summed E-state index contributed by atoms with van der Waals surface area (Å²) in [5.74, 6) is -0.0512. The second kappa shape index (κ2) is 7.69. The van der Waals surface area contributed by atoms with E-state index in [9.17, 15) is 4.79 Å². The quantitative estimate of drug-likeness (QED) is 0.662. The SMILES string of the molecule is CNC(=O)COCCCCCC(C)(C)C. The van der Waals surface area contributed by atoms with Crippen LogP contribution in [-0.2, 0) is 9.53 Å². The lowest BCUT2D eigenvalue weighted by Crippen LogP contribution is -2.23. The highest BCUT2D eigenvalue weighted by Gasteiger charge is 2.08. The van der Waals surface area contributed by atoms with Crippen LogP contribution in [-0.4, -0.2) is 26.2 Å². The van der Waals surface area contributed by atoms with Crippen molar-refractivity contribution in [1.29, 1.82) is 0 Å². The highest BCUT2D eigenvalue weighted by Crippen LogP contribution is 2.21. The first-order valence-corrected chi connectivity index (χ1v) is 5.74. The van der Waals surface area contributed by atoms with E-state index in [4.69, 9.17) is 4.74 Å². The third-order valence-electron chi connectivity index (χ3n) is 2.23. The molecule has 0 fully saturated rings. The largest absolute Gasteiger partial charge is 0.372 e. The molecule has 3 heteroatoms. The Morgan fingerprint density at radius 3 is 2.40 bits per heavy atom. The Morgan fingerprint density at radius 1 is 1.20 bits per heavy atom. The molecule has 0 aliphatic heterocycles. The number of hydrogen-bond donors (Lipinski definition) is 1. The number of hydrogen-bond acceptors (Lipinski definition) is 2. The van der Waals surface area contributed by atoms with E-state index in [0.29, 0.717) is 12.0 Å². The zero-order valence-electron chi connectivity index (χ0n) is 10.6. The molecule has 3 nitrogen and oxygen atoms in total. The van der Waals surface area contributed by atoms with Gasteiger partial charge in [0, 0.05) is 13.7 Å². The first-order valence-electron chi connectivity index (χ1n) is 5.74. The van der Waals surface area contributed by atoms with Gasteiger partial charge in [-0.1, -0.05) is 33.6 Å². The lowest BCUT2D eigenvalue weighted by atomic mass is 9.89. The molecule has 0 aromatic heterocycles. The maximum absolute atomic E-state index is 10.8. The predicted octanol–water partition coefficient (Wildman–Crippen LogP) is 2.36. The fourth-order valence-electron chi connectivity index (χ4n) is 1.27. The Bertz CT molecular complexity index is 173. The number of carbonyl (C=O) groups excluding carboxylic acids is 1. The number of likely N-dealkylation sites (N-methyl/N-ethyl adjacent to an activating group) is 1. The van der Waals surface area contributed by atoms with E-state index in [1.165, 1.54) is 19.3 Å². The van der Waals surface area contributed by atoms with Crippen LogP contribution in [0.1, 0.15) is 46.5 Å². The van der Waals surface area contributed by atoms with Crippen LogP contribution in [0.15, 0.2) is 0 Å². The second-order valence-electron chi connectivity index (χ2n) is 5.10. The third kappa shape index (κ3) is 11.4. The van der Waals surface area contributed by atoms with Gasteiger partial charge in [0.05, 0.1) is 0 Å². The number of ether oxygens (including phenoxy) is 1. The van der Waals surface area contributed by atoms with Crippen molar-refractivity contribution in [3.63, 3.8) is 0 Å². The molecule has 0 bridgehead atoms. The molecule has 0 rings (SSSR count). The standard InChI is InChI=1S/C12H25NO2/c1-12(2,3)8-6-5-7-9-15-10-11(14)13-4/h5-10H2,1-4H3,(H,13,14). The lowest BCUT2D eigenvalue weighted by Gasteiger charge is -2.17. The Hall–Kier alpha value is -0.570. The molecule has 0 aromatic carbocycles. The van der Waals surface area contributed by atoms with E-state index in [0.717, 1.165) is 6.42 Å². The van der Waals surface area contributed by atoms with Gasteiger partial charge in [0.25, 0.3) is 0 Å². The molecular formula is C12H25NO2. The molecule has 0 saturated heterocycles. The minimum atomic E-state index is -0.0512. The van der Waals surface area contributed by atoms with Gasteiger partial charge in [-0.25, -0.2) is 0 Å². The van der Waals surface area contributed by atoms with Crippen LogP contribution in [0.5, 0.6) is 0 Å². The molecule has 0 aromatic rings. The molecule has 0 radical (unpaired) electrons. The molecule has 0 saturated carbocycles. The third-order valence-corrected chi connectivity index (χ3v) is 2.23. The lowest BCUT2D eigenvalue weighted by molar-refractivity contribution is -0.125. The Balaban J connectivity index is 3.16. The molecule has 0 aliphatic rings. The van der Waals surface area contributed by atoms with E-state index < -0.39 is 0 Å². The molecule has 0 atom stereocenters. The van der Waals surface area contributed by atoms with Crippen molar-refractivity contribution in [2.75, 3.05) is 20.3 Å². The van der Waals surface area contributed by atoms with E-state index >= 15 is 0 Å². The Kier molecular flexibility index (Phi) is 7.39. The van der Waals surface area contributed by atoms with Crippen molar-refractivity contribution >= 4 is 5.91 Å². The van der Waals surface area contributed by atoms with E-state index in [-0.39, 0.29) is 12.5 Å². The van der Waals surface area contributed by atoms with Crippen molar-refractivity contribution < 1.29 is 9.53 Å². The van der Waals surface area contributed by atoms with Crippen LogP contribution in [0.3, 0.4) is 0 Å². The molecular weight excluding hydrogens is 190 g/mol. The van der Waals surface area contributed by atoms with Gasteiger partial charge < -0.3 is 10.1 Å². The number of carbonyl (C=O) groups is 1. The van der Waals surface area contributed by atoms with Crippen LogP contribution in [0.4, 0.5) is 0 Å². The van der Waals surface area contributed by atoms with Crippen molar-refractivity contribution in [1.82, 2.24) is 5.32 Å². The first kappa shape index (κ1) is 14.4. The van der Waals surface area contributed by atoms with Crippen LogP contribution in [0.25, 0.3) is 0 Å². The summed E-state index contributed by atoms with van der Waals surface area (Å²) in [6.07, 6.45) is 4.73. The fraction of sp³-hybridized carbons (Fsp3) is 0.917. The Labute approximate surface area is 93.6 Å². The van der Waals surface area contributed by atoms with Gasteiger partial charge in [0.1, 0.15) is 6.61 Å². The zero-order chi connectivity index (χ0) is 11.7. The summed E-state index contributed by atoms with van der Waals surface area (Å²) >= 11 is 0. The van der Waals surface area contributed by atoms with Gasteiger partial charge in [-0.05, 0) is 18.3 Å². The summed E-state index contributed by atoms with van der Waals surface area (Å²) in [4.78, 5) is 10.8. The summed E-state index contributed by atoms with van der Waals surface area (Å²) in [5, 5.41) is 2.52. The van der Waals surface area contributed by atoms with Crippen LogP contribution < -0.4 is 5.32 Å². The van der Waals surface area contributed by atoms with Gasteiger partial charge in [-0.3, -0.25) is 4.79 Å². The Morgan fingerprint density at radius 2 is 1.87 bits per heavy atom. The molecule has 15 heavy (non-hydrogen) atoms. The van der Waals surface area contributed by atoms with Crippen molar-refractivity contribution in [3.8, 4) is 0 Å². The summed E-state index contributed by atoms with van der Waals surface area (Å²) in [6, 6.07) is 0. The van der Waals surface area contributed by atoms with Crippen molar-refractivity contribution in [2.45, 2.75) is 46.5 Å². The van der Waals surface area contributed by atoms with E-state index in [1.54, 1.807) is 7.05 Å². The van der Waals surface area contributed by atoms with Crippen LogP contribution >= 0.6 is 0 Å². The van der Waals surface area contributed by atoms with Crippen molar-refractivity contribution in [3.05, 3.63) is 0 Å². The first-order chi connectivity index (χ1) is 6.95. The maximum atomic E-state index is 10.8. The summed E-state index contributed by atoms with van der Waals surface area (Å²) in [5.41, 5.74) is 0.433. The van der Waals surface area contributed by atoms with Crippen LogP contribution in [0.2, 0.25) is 0 Å². The smallest absolute Gasteiger partial charge is 0.245 e. The summed E-state index contributed by atoms with van der Waals surface area (Å²) in [6.45, 7) is 7.66. The summed E-state index contributed by atoms with van der Waals surface area (Å²) in [7, 11) is 1.62. The number of rotatable bonds is 7. The second-order valence-corrected chi connectivity index (χ2v) is 5.10. The van der Waals surface area contributed by atoms with Crippen LogP contribution in [0, 0.1) is 5.41 Å². The predicted molar refractivity (Wildman–Crippen MR) is 62.8 cm³/mol. The van der Waals surface area contributed by atoms with Gasteiger partial charge in [0.2, 0.25) is 5.91 Å². The zero-order valence-corrected chi connectivity index (χ0v) is 10.6. The summed E-state index contributed by atoms with van der Waals surface area (Å²) < 4.78 is 5.21. The number of unbranched alkanes of at least 4 members (excludes halogenated alkanes) is 2. The minimum absolute atomic E-state index is 0.0512. The monoisotopic (exact) mass is 215 g/mol. The molecule has 1 N–H and O–H groups in total. The molecule has 0 spiro atoms. The number of amides is 1. The number of nitrogens with one attached hydrogen (secondary N) is 1. The highest BCUT2D eigenvalue weighted by molar-refractivity contribution is 5.76. The average molecular weight is 215 g/mol. The fourth-order valence-corrected chi connectivity index (χ4v) is 1.27. The molecule has 0 aliphatic carbocycles.